The molecule has 0 radical (unpaired) electrons. The number of halogens is 1. The van der Waals surface area contributed by atoms with E-state index in [4.69, 9.17) is 0 Å². The minimum absolute atomic E-state index is 0. The van der Waals surface area contributed by atoms with Gasteiger partial charge in [-0.05, 0) is 96.5 Å². The Morgan fingerprint density at radius 2 is 1.03 bits per heavy atom. The Bertz CT molecular complexity index is 1840. The summed E-state index contributed by atoms with van der Waals surface area (Å²) in [5.41, 5.74) is -0.245. The first-order chi connectivity index (χ1) is 30.7. The number of carbonyl (C=O) groups is 5. The normalized spacial score (nSPS) is 24.9. The van der Waals surface area contributed by atoms with Gasteiger partial charge in [0.05, 0.1) is 25.2 Å². The third-order valence-electron chi connectivity index (χ3n) is 11.1. The Hall–Kier alpha value is -5.60. The molecular formula is C47H77FN10O9V. The van der Waals surface area contributed by atoms with Crippen LogP contribution in [0.25, 0.3) is 0 Å². The van der Waals surface area contributed by atoms with Crippen LogP contribution in [0.15, 0.2) is 62.3 Å². The molecule has 0 bridgehead atoms. The van der Waals surface area contributed by atoms with Gasteiger partial charge in [0.25, 0.3) is 0 Å². The van der Waals surface area contributed by atoms with Crippen molar-refractivity contribution in [2.45, 2.75) is 153 Å². The van der Waals surface area contributed by atoms with E-state index in [0.29, 0.717) is 51.7 Å². The van der Waals surface area contributed by atoms with E-state index in [2.05, 4.69) is 118 Å². The maximum atomic E-state index is 11.9. The molecule has 0 aliphatic heterocycles. The van der Waals surface area contributed by atoms with Crippen molar-refractivity contribution in [3.05, 3.63) is 38.3 Å². The third-order valence-corrected chi connectivity index (χ3v) is 11.1. The topological polar surface area (TPSA) is 258 Å². The van der Waals surface area contributed by atoms with Gasteiger partial charge in [-0.1, -0.05) is 96.9 Å². The Balaban J connectivity index is -0.000000415. The van der Waals surface area contributed by atoms with Gasteiger partial charge in [-0.3, -0.25) is 14.4 Å². The Labute approximate surface area is 412 Å². The van der Waals surface area contributed by atoms with Crippen LogP contribution in [0.5, 0.6) is 0 Å². The van der Waals surface area contributed by atoms with Crippen LogP contribution in [0.1, 0.15) is 135 Å². The SMILES string of the molecule is C.C.C=CN(C=O)C(=O)NC1CC(C)(C)CC(C)(CN=C=O)C1.C=CN(C=O)C(=O)NCC1(C)CC(N=C=O)CC(C)(C)C1.C=CNC=O.CC1(C)CC(N=C=O)CC(C)(CN=C=O)C1.F[N]=[V]. The molecule has 3 N–H and O–H groups in total. The Kier molecular flexibility index (Phi) is 34.3. The number of nitrogens with zero attached hydrogens (tertiary/aromatic N) is 7. The van der Waals surface area contributed by atoms with E-state index >= 15 is 0 Å². The van der Waals surface area contributed by atoms with Gasteiger partial charge in [0.15, 0.2) is 0 Å². The first kappa shape index (κ1) is 69.0. The Morgan fingerprint density at radius 1 is 0.647 bits per heavy atom. The summed E-state index contributed by atoms with van der Waals surface area (Å²) in [7, 11) is 0. The molecule has 7 amide bonds. The number of isocyanates is 4. The number of imide groups is 2. The van der Waals surface area contributed by atoms with Crippen molar-refractivity contribution in [2.24, 2.45) is 56.5 Å². The zero-order valence-electron chi connectivity index (χ0n) is 39.9. The van der Waals surface area contributed by atoms with Crippen LogP contribution < -0.4 is 16.0 Å². The van der Waals surface area contributed by atoms with E-state index in [1.165, 1.54) is 29.6 Å². The molecule has 0 aromatic heterocycles. The second-order valence-corrected chi connectivity index (χ2v) is 20.2. The van der Waals surface area contributed by atoms with Crippen LogP contribution in [-0.2, 0) is 50.8 Å². The monoisotopic (exact) mass is 996 g/mol. The summed E-state index contributed by atoms with van der Waals surface area (Å²) in [5.74, 6) is 0. The van der Waals surface area contributed by atoms with Crippen molar-refractivity contribution in [3.63, 3.8) is 0 Å². The van der Waals surface area contributed by atoms with Gasteiger partial charge in [-0.15, -0.1) is 0 Å². The van der Waals surface area contributed by atoms with E-state index < -0.39 is 12.1 Å². The van der Waals surface area contributed by atoms with E-state index in [1.807, 2.05) is 4.01 Å². The summed E-state index contributed by atoms with van der Waals surface area (Å²) >= 11 is 1.42. The zero-order valence-corrected chi connectivity index (χ0v) is 41.3. The number of amides is 7. The summed E-state index contributed by atoms with van der Waals surface area (Å²) in [6, 6.07) is -1.12. The molecule has 0 heterocycles. The van der Waals surface area contributed by atoms with Gasteiger partial charge in [0, 0.05) is 25.0 Å². The summed E-state index contributed by atoms with van der Waals surface area (Å²) in [6.45, 7) is 30.3. The molecule has 21 heteroatoms. The first-order valence-corrected chi connectivity index (χ1v) is 21.6. The molecule has 0 aromatic rings. The standard InChI is InChI=1S/2C15H23N3O3.C12H18N2O2.C3H5NO.2CH4.FN.V/c1-5-18(11-20)13(21)16-9-15(4)7-12(17-10-19)6-14(2,3)8-15;1-5-18(11-20)13(21)17-12-6-14(2,3)8-15(4,7-12)9-16-10-19;1-11(2)4-10(14-9-16)5-12(3,6-11)7-13-8-15;1-2-4-3-5;;;1-2;/h5,11-12H,1,6-9H2,2-4H3,(H,16,21);5,11-12H,1,6-9H2,2-4H3,(H,17,21);10H,4-7H2,1-3H3;2-3H,1H2,(H,4,5);2*1H4;;. The molecule has 3 saturated carbocycles. The van der Waals surface area contributed by atoms with Crippen molar-refractivity contribution in [2.75, 3.05) is 19.6 Å². The quantitative estimate of drug-likeness (QED) is 0.0807. The van der Waals surface area contributed by atoms with Crippen LogP contribution in [0.3, 0.4) is 0 Å². The molecule has 3 aliphatic rings. The van der Waals surface area contributed by atoms with E-state index in [-0.39, 0.29) is 65.5 Å². The molecule has 3 aliphatic carbocycles. The average molecular weight is 996 g/mol. The van der Waals surface area contributed by atoms with Crippen molar-refractivity contribution < 1.29 is 64.9 Å². The molecule has 0 saturated heterocycles. The average Bonchev–Trinajstić information content (AvgIpc) is 3.19. The van der Waals surface area contributed by atoms with Crippen molar-refractivity contribution in [1.82, 2.24) is 25.8 Å². The molecule has 68 heavy (non-hydrogen) atoms. The van der Waals surface area contributed by atoms with E-state index in [1.54, 1.807) is 24.3 Å². The van der Waals surface area contributed by atoms with Gasteiger partial charge in [0.2, 0.25) is 43.6 Å². The maximum absolute atomic E-state index is 11.9. The fourth-order valence-corrected chi connectivity index (χ4v) is 10.1. The van der Waals surface area contributed by atoms with Gasteiger partial charge < -0.3 is 16.0 Å². The summed E-state index contributed by atoms with van der Waals surface area (Å²) in [4.78, 5) is 113. The van der Waals surface area contributed by atoms with Gasteiger partial charge in [-0.25, -0.2) is 58.5 Å². The number of carbonyl (C=O) groups excluding carboxylic acids is 9. The summed E-state index contributed by atoms with van der Waals surface area (Å²) < 4.78 is 11.8. The zero-order chi connectivity index (χ0) is 51.3. The van der Waals surface area contributed by atoms with Crippen molar-refractivity contribution >= 4 is 55.6 Å². The summed E-state index contributed by atoms with van der Waals surface area (Å²) in [5, 5.41) is 7.79. The van der Waals surface area contributed by atoms with Gasteiger partial charge >= 0.3 is 37.8 Å². The number of hydrogen-bond donors (Lipinski definition) is 3. The van der Waals surface area contributed by atoms with Crippen LogP contribution in [0.4, 0.5) is 14.1 Å². The molecule has 0 spiro atoms. The molecule has 6 unspecified atom stereocenters. The molecule has 19 nitrogen and oxygen atoms in total. The predicted molar refractivity (Wildman–Crippen MR) is 255 cm³/mol. The molecule has 0 aromatic carbocycles. The summed E-state index contributed by atoms with van der Waals surface area (Å²) in [6.07, 6.45) is 19.0. The second-order valence-electron chi connectivity index (χ2n) is 20.0. The molecule has 381 valence electrons. The first-order valence-electron chi connectivity index (χ1n) is 21.0. The fourth-order valence-electron chi connectivity index (χ4n) is 10.1. The van der Waals surface area contributed by atoms with Crippen molar-refractivity contribution in [3.8, 4) is 0 Å². The third kappa shape index (κ3) is 28.6. The Morgan fingerprint density at radius 3 is 1.38 bits per heavy atom. The van der Waals surface area contributed by atoms with Crippen LogP contribution >= 0.6 is 0 Å². The minimum atomic E-state index is -0.500. The van der Waals surface area contributed by atoms with Crippen LogP contribution in [0, 0.1) is 32.5 Å². The number of aliphatic imine (C=N–C) groups is 4. The predicted octanol–water partition coefficient (Wildman–Crippen LogP) is 8.43. The van der Waals surface area contributed by atoms with Gasteiger partial charge in [0.1, 0.15) is 0 Å². The van der Waals surface area contributed by atoms with Gasteiger partial charge in [-0.2, -0.15) is 0 Å². The van der Waals surface area contributed by atoms with Crippen LogP contribution in [0.2, 0.25) is 0 Å². The van der Waals surface area contributed by atoms with E-state index in [9.17, 15) is 47.6 Å². The number of hydrogen-bond acceptors (Lipinski definition) is 14. The molecular weight excluding hydrogens is 919 g/mol. The van der Waals surface area contributed by atoms with Crippen molar-refractivity contribution in [1.29, 1.82) is 0 Å². The molecule has 3 rings (SSSR count). The molecule has 6 atom stereocenters. The van der Waals surface area contributed by atoms with Crippen LogP contribution in [-0.4, -0.2) is 103 Å². The van der Waals surface area contributed by atoms with E-state index in [0.717, 1.165) is 60.9 Å². The fraction of sp³-hybridized carbons (Fsp3) is 0.681. The number of nitrogens with one attached hydrogen (secondary N) is 3. The number of rotatable bonds is 15. The second kappa shape index (κ2) is 33.8. The molecule has 3 fully saturated rings. The number of urea groups is 2.